The molecule has 0 aromatic heterocycles. The summed E-state index contributed by atoms with van der Waals surface area (Å²) in [6, 6.07) is 0. The van der Waals surface area contributed by atoms with E-state index in [0.717, 1.165) is 0 Å². The molecular weight excluding hydrogens is 225 g/mol. The average molecular weight is 225 g/mol. The second kappa shape index (κ2) is 52.2. The van der Waals surface area contributed by atoms with Gasteiger partial charge in [0.1, 0.15) is 0 Å². The van der Waals surface area contributed by atoms with Crippen molar-refractivity contribution in [2.45, 2.75) is 0 Å². The largest absolute Gasteiger partial charge is 2.00 e. The summed E-state index contributed by atoms with van der Waals surface area (Å²) >= 11 is 0. The smallest absolute Gasteiger partial charge is 1.00 e. The fourth-order valence-corrected chi connectivity index (χ4v) is 0. The molecule has 0 aliphatic heterocycles. The van der Waals surface area contributed by atoms with Crippen LogP contribution >= 0.6 is 0 Å². The summed E-state index contributed by atoms with van der Waals surface area (Å²) in [5, 5.41) is 0. The van der Waals surface area contributed by atoms with Crippen LogP contribution in [0.1, 0.15) is 0 Å². The molecule has 0 N–H and O–H groups in total. The van der Waals surface area contributed by atoms with Crippen molar-refractivity contribution in [3.63, 3.8) is 0 Å². The predicted molar refractivity (Wildman–Crippen MR) is 5.75 cm³/mol. The Morgan fingerprint density at radius 1 is 0.500 bits per heavy atom. The van der Waals surface area contributed by atoms with E-state index in [1.165, 1.54) is 0 Å². The molecule has 0 radical (unpaired) electrons. The second-order valence-electron chi connectivity index (χ2n) is 0. The Labute approximate surface area is 88.3 Å². The van der Waals surface area contributed by atoms with Gasteiger partial charge in [0.15, 0.2) is 0 Å². The quantitative estimate of drug-likeness (QED) is 0.359. The molecule has 0 atom stereocenters. The first-order chi connectivity index (χ1) is 0. The topological polar surface area (TPSA) is 0 Å². The van der Waals surface area contributed by atoms with E-state index in [4.69, 9.17) is 0 Å². The molecule has 0 spiro atoms. The van der Waals surface area contributed by atoms with Crippen LogP contribution in [-0.4, -0.2) is 23.1 Å². The molecule has 0 aromatic rings. The molecule has 0 rings (SSSR count). The maximum atomic E-state index is 0. The SMILES string of the molecule is [Cl-].[Cl-].[Cl-].[Cl-].[Mg+2].[Ni+2]. The monoisotopic (exact) mass is 222 g/mol. The molecule has 0 aromatic carbocycles. The van der Waals surface area contributed by atoms with E-state index in [2.05, 4.69) is 0 Å². The molecule has 0 nitrogen and oxygen atoms in total. The first kappa shape index (κ1) is 79.2. The van der Waals surface area contributed by atoms with Crippen LogP contribution in [0, 0.1) is 0 Å². The Balaban J connectivity index is 0. The fourth-order valence-electron chi connectivity index (χ4n) is 0. The van der Waals surface area contributed by atoms with Gasteiger partial charge in [-0.15, -0.1) is 0 Å². The Bertz CT molecular complexity index is 7.51. The Kier molecular flexibility index (Phi) is 689. The standard InChI is InChI=1S/4ClH.Mg.Ni/h4*1H;;/q;;;;2*+2/p-4. The number of hydrogen-bond acceptors (Lipinski definition) is 0. The molecule has 0 amide bonds. The van der Waals surface area contributed by atoms with Crippen molar-refractivity contribution in [2.75, 3.05) is 0 Å². The van der Waals surface area contributed by atoms with Crippen LogP contribution < -0.4 is 49.6 Å². The van der Waals surface area contributed by atoms with Gasteiger partial charge in [0.2, 0.25) is 0 Å². The maximum Gasteiger partial charge on any atom is 2.00 e. The van der Waals surface area contributed by atoms with Gasteiger partial charge in [-0.2, -0.15) is 0 Å². The van der Waals surface area contributed by atoms with Gasteiger partial charge in [0, 0.05) is 0 Å². The minimum atomic E-state index is 0. The summed E-state index contributed by atoms with van der Waals surface area (Å²) < 4.78 is 0. The van der Waals surface area contributed by atoms with Gasteiger partial charge in [-0.05, 0) is 0 Å². The van der Waals surface area contributed by atoms with Crippen LogP contribution in [0.3, 0.4) is 0 Å². The average Bonchev–Trinajstić information content (AvgIpc) is 0. The van der Waals surface area contributed by atoms with E-state index in [9.17, 15) is 0 Å². The molecule has 40 valence electrons. The summed E-state index contributed by atoms with van der Waals surface area (Å²) in [5.41, 5.74) is 0. The Morgan fingerprint density at radius 3 is 0.500 bits per heavy atom. The summed E-state index contributed by atoms with van der Waals surface area (Å²) in [6.45, 7) is 0. The maximum absolute atomic E-state index is 0. The molecular formula is Cl4MgNi. The Morgan fingerprint density at radius 2 is 0.500 bits per heavy atom. The third-order valence-electron chi connectivity index (χ3n) is 0. The fraction of sp³-hybridized carbons (Fsp3) is 0. The van der Waals surface area contributed by atoms with E-state index >= 15 is 0 Å². The van der Waals surface area contributed by atoms with Crippen LogP contribution in [-0.2, 0) is 16.5 Å². The summed E-state index contributed by atoms with van der Waals surface area (Å²) in [7, 11) is 0. The molecule has 6 heavy (non-hydrogen) atoms. The van der Waals surface area contributed by atoms with Gasteiger partial charge in [-0.3, -0.25) is 0 Å². The van der Waals surface area contributed by atoms with Crippen LogP contribution in [0.2, 0.25) is 0 Å². The zero-order valence-corrected chi connectivity index (χ0v) is 7.96. The number of halogens is 4. The minimum absolute atomic E-state index is 0. The minimum Gasteiger partial charge on any atom is -1.00 e. The van der Waals surface area contributed by atoms with E-state index in [1.54, 1.807) is 0 Å². The van der Waals surface area contributed by atoms with E-state index in [-0.39, 0.29) is 89.2 Å². The van der Waals surface area contributed by atoms with Crippen molar-refractivity contribution in [1.29, 1.82) is 0 Å². The van der Waals surface area contributed by atoms with Crippen molar-refractivity contribution < 1.29 is 66.1 Å². The van der Waals surface area contributed by atoms with Crippen LogP contribution in [0.4, 0.5) is 0 Å². The predicted octanol–water partition coefficient (Wildman–Crippen LogP) is -12.4. The third-order valence-corrected chi connectivity index (χ3v) is 0. The van der Waals surface area contributed by atoms with Gasteiger partial charge < -0.3 is 49.6 Å². The van der Waals surface area contributed by atoms with Crippen LogP contribution in [0.5, 0.6) is 0 Å². The molecule has 6 heteroatoms. The van der Waals surface area contributed by atoms with Crippen molar-refractivity contribution >= 4 is 23.1 Å². The van der Waals surface area contributed by atoms with Crippen molar-refractivity contribution in [3.8, 4) is 0 Å². The summed E-state index contributed by atoms with van der Waals surface area (Å²) in [6.07, 6.45) is 0. The molecule has 0 bridgehead atoms. The molecule has 0 saturated heterocycles. The van der Waals surface area contributed by atoms with Crippen molar-refractivity contribution in [1.82, 2.24) is 0 Å². The number of hydrogen-bond donors (Lipinski definition) is 0. The zero-order chi connectivity index (χ0) is 0. The van der Waals surface area contributed by atoms with E-state index in [0.29, 0.717) is 0 Å². The van der Waals surface area contributed by atoms with Gasteiger partial charge in [0.05, 0.1) is 0 Å². The van der Waals surface area contributed by atoms with Gasteiger partial charge in [0.25, 0.3) is 0 Å². The van der Waals surface area contributed by atoms with E-state index < -0.39 is 0 Å². The summed E-state index contributed by atoms with van der Waals surface area (Å²) in [4.78, 5) is 0. The molecule has 0 unspecified atom stereocenters. The van der Waals surface area contributed by atoms with Crippen molar-refractivity contribution in [3.05, 3.63) is 0 Å². The third kappa shape index (κ3) is 32.2. The Hall–Kier alpha value is 2.42. The zero-order valence-electron chi connectivity index (χ0n) is 2.54. The van der Waals surface area contributed by atoms with E-state index in [1.807, 2.05) is 0 Å². The molecule has 0 aliphatic rings. The normalized spacial score (nSPS) is 0. The first-order valence-corrected chi connectivity index (χ1v) is 0. The first-order valence-electron chi connectivity index (χ1n) is 0. The molecule has 0 aliphatic carbocycles. The van der Waals surface area contributed by atoms with Gasteiger partial charge >= 0.3 is 39.5 Å². The van der Waals surface area contributed by atoms with Gasteiger partial charge in [-0.1, -0.05) is 0 Å². The van der Waals surface area contributed by atoms with Crippen LogP contribution in [0.25, 0.3) is 0 Å². The summed E-state index contributed by atoms with van der Waals surface area (Å²) in [5.74, 6) is 0. The molecule has 0 fully saturated rings. The van der Waals surface area contributed by atoms with Crippen LogP contribution in [0.15, 0.2) is 0 Å². The molecule has 0 heterocycles. The number of rotatable bonds is 0. The second-order valence-corrected chi connectivity index (χ2v) is 0. The van der Waals surface area contributed by atoms with Crippen molar-refractivity contribution in [2.24, 2.45) is 0 Å². The molecule has 0 saturated carbocycles. The van der Waals surface area contributed by atoms with Gasteiger partial charge in [-0.25, -0.2) is 0 Å².